The molecule has 0 unspecified atom stereocenters. The van der Waals surface area contributed by atoms with Crippen molar-refractivity contribution in [1.82, 2.24) is 0 Å². The van der Waals surface area contributed by atoms with E-state index in [9.17, 15) is 9.59 Å². The first-order valence-electron chi connectivity index (χ1n) is 4.34. The number of carboxylic acids is 1. The number of hydrogen-bond acceptors (Lipinski definition) is 4. The first kappa shape index (κ1) is 13.4. The van der Waals surface area contributed by atoms with Gasteiger partial charge in [-0.25, -0.2) is 9.59 Å². The van der Waals surface area contributed by atoms with E-state index in [2.05, 4.69) is 11.3 Å². The van der Waals surface area contributed by atoms with Crippen LogP contribution in [-0.4, -0.2) is 35.4 Å². The minimum absolute atomic E-state index is 0.107. The van der Waals surface area contributed by atoms with Crippen LogP contribution in [0.3, 0.4) is 0 Å². The third-order valence-electron chi connectivity index (χ3n) is 1.64. The van der Waals surface area contributed by atoms with Gasteiger partial charge in [-0.2, -0.15) is 0 Å². The average molecular weight is 214 g/mol. The maximum Gasteiger partial charge on any atom is 0.333 e. The second-order valence-electron chi connectivity index (χ2n) is 2.87. The lowest BCUT2D eigenvalue weighted by Crippen LogP contribution is -2.09. The number of carbonyl (C=O) groups excluding carboxylic acids is 1. The summed E-state index contributed by atoms with van der Waals surface area (Å²) >= 11 is 0. The molecular weight excluding hydrogens is 200 g/mol. The molecule has 0 heterocycles. The first-order valence-corrected chi connectivity index (χ1v) is 4.34. The molecule has 0 aliphatic rings. The fourth-order valence-electron chi connectivity index (χ4n) is 0.669. The largest absolute Gasteiger partial charge is 0.478 e. The molecule has 0 fully saturated rings. The number of hydrogen-bond donors (Lipinski definition) is 2. The molecule has 0 saturated carbocycles. The van der Waals surface area contributed by atoms with Crippen molar-refractivity contribution in [1.29, 1.82) is 0 Å². The van der Waals surface area contributed by atoms with Crippen molar-refractivity contribution in [3.63, 3.8) is 0 Å². The molecule has 0 aromatic rings. The molecule has 0 bridgehead atoms. The zero-order chi connectivity index (χ0) is 11.8. The summed E-state index contributed by atoms with van der Waals surface area (Å²) in [5.41, 5.74) is 0.273. The van der Waals surface area contributed by atoms with Gasteiger partial charge in [0.05, 0.1) is 0 Å². The normalized spacial score (nSPS) is 10.9. The highest BCUT2D eigenvalue weighted by atomic mass is 16.5. The van der Waals surface area contributed by atoms with Gasteiger partial charge in [-0.3, -0.25) is 0 Å². The number of aliphatic hydroxyl groups is 1. The van der Waals surface area contributed by atoms with Gasteiger partial charge < -0.3 is 14.9 Å². The fraction of sp³-hybridized carbons (Fsp3) is 0.400. The molecule has 0 atom stereocenters. The number of carbonyl (C=O) groups is 2. The van der Waals surface area contributed by atoms with Crippen molar-refractivity contribution in [2.24, 2.45) is 0 Å². The number of aliphatic carboxylic acids is 1. The van der Waals surface area contributed by atoms with Crippen LogP contribution in [0.25, 0.3) is 0 Å². The molecule has 0 saturated heterocycles. The lowest BCUT2D eigenvalue weighted by molar-refractivity contribution is -0.138. The average Bonchev–Trinajstić information content (AvgIpc) is 2.17. The Hall–Kier alpha value is -1.62. The van der Waals surface area contributed by atoms with Crippen LogP contribution in [0.15, 0.2) is 23.8 Å². The molecule has 0 aliphatic carbocycles. The van der Waals surface area contributed by atoms with Crippen LogP contribution < -0.4 is 0 Å². The molecule has 0 rings (SSSR count). The minimum Gasteiger partial charge on any atom is -0.478 e. The van der Waals surface area contributed by atoms with Gasteiger partial charge in [0.25, 0.3) is 0 Å². The molecule has 5 heteroatoms. The topological polar surface area (TPSA) is 83.8 Å². The van der Waals surface area contributed by atoms with Crippen molar-refractivity contribution in [3.05, 3.63) is 23.8 Å². The number of aliphatic hydroxyl groups excluding tert-OH is 1. The predicted molar refractivity (Wildman–Crippen MR) is 53.2 cm³/mol. The van der Waals surface area contributed by atoms with Crippen LogP contribution in [0.5, 0.6) is 0 Å². The van der Waals surface area contributed by atoms with Crippen LogP contribution in [-0.2, 0) is 14.3 Å². The minimum atomic E-state index is -1.06. The first-order chi connectivity index (χ1) is 6.99. The molecule has 5 nitrogen and oxygen atoms in total. The summed E-state index contributed by atoms with van der Waals surface area (Å²) < 4.78 is 4.69. The van der Waals surface area contributed by atoms with Crippen LogP contribution >= 0.6 is 0 Å². The Kier molecular flexibility index (Phi) is 6.05. The van der Waals surface area contributed by atoms with Gasteiger partial charge >= 0.3 is 11.9 Å². The monoisotopic (exact) mass is 214 g/mol. The molecule has 0 aromatic carbocycles. The van der Waals surface area contributed by atoms with E-state index >= 15 is 0 Å². The zero-order valence-corrected chi connectivity index (χ0v) is 8.52. The fourth-order valence-corrected chi connectivity index (χ4v) is 0.669. The maximum absolute atomic E-state index is 11.1. The predicted octanol–water partition coefficient (Wildman–Crippen LogP) is 0.499. The van der Waals surface area contributed by atoms with Gasteiger partial charge in [-0.1, -0.05) is 6.58 Å². The molecule has 0 aliphatic heterocycles. The van der Waals surface area contributed by atoms with E-state index in [-0.39, 0.29) is 30.8 Å². The quantitative estimate of drug-likeness (QED) is 0.497. The molecule has 0 amide bonds. The molecule has 0 radical (unpaired) electrons. The molecule has 0 spiro atoms. The van der Waals surface area contributed by atoms with E-state index in [1.165, 1.54) is 13.0 Å². The smallest absolute Gasteiger partial charge is 0.333 e. The second-order valence-corrected chi connectivity index (χ2v) is 2.87. The molecule has 2 N–H and O–H groups in total. The van der Waals surface area contributed by atoms with E-state index in [0.717, 1.165) is 0 Å². The standard InChI is InChI=1S/C10H14O5/c1-7(9(12)13)4-6-15-10(14)8(2)3-5-11/h4,11H,2-3,5-6H2,1H3,(H,12,13). The lowest BCUT2D eigenvalue weighted by Gasteiger charge is -2.03. The van der Waals surface area contributed by atoms with Crippen LogP contribution in [0.1, 0.15) is 13.3 Å². The van der Waals surface area contributed by atoms with Gasteiger partial charge in [-0.05, 0) is 13.0 Å². The number of esters is 1. The molecule has 15 heavy (non-hydrogen) atoms. The second kappa shape index (κ2) is 6.78. The summed E-state index contributed by atoms with van der Waals surface area (Å²) in [6.45, 7) is 4.53. The zero-order valence-electron chi connectivity index (χ0n) is 8.52. The van der Waals surface area contributed by atoms with E-state index in [0.29, 0.717) is 0 Å². The third-order valence-corrected chi connectivity index (χ3v) is 1.64. The van der Waals surface area contributed by atoms with Gasteiger partial charge in [0.15, 0.2) is 0 Å². The van der Waals surface area contributed by atoms with Gasteiger partial charge in [0.2, 0.25) is 0 Å². The Morgan fingerprint density at radius 1 is 1.47 bits per heavy atom. The number of carboxylic acid groups (broad SMARTS) is 1. The highest BCUT2D eigenvalue weighted by Gasteiger charge is 2.07. The van der Waals surface area contributed by atoms with Crippen molar-refractivity contribution in [2.45, 2.75) is 13.3 Å². The van der Waals surface area contributed by atoms with Crippen molar-refractivity contribution >= 4 is 11.9 Å². The summed E-state index contributed by atoms with van der Waals surface area (Å²) in [6.07, 6.45) is 1.44. The Morgan fingerprint density at radius 2 is 2.07 bits per heavy atom. The van der Waals surface area contributed by atoms with E-state index < -0.39 is 11.9 Å². The summed E-state index contributed by atoms with van der Waals surface area (Å²) in [5, 5.41) is 17.0. The van der Waals surface area contributed by atoms with E-state index in [4.69, 9.17) is 10.2 Å². The highest BCUT2D eigenvalue weighted by molar-refractivity contribution is 5.88. The Balaban J connectivity index is 3.97. The summed E-state index contributed by atoms with van der Waals surface area (Å²) in [6, 6.07) is 0. The van der Waals surface area contributed by atoms with Gasteiger partial charge in [-0.15, -0.1) is 0 Å². The number of rotatable bonds is 6. The highest BCUT2D eigenvalue weighted by Crippen LogP contribution is 2.00. The Morgan fingerprint density at radius 3 is 2.53 bits per heavy atom. The Labute approximate surface area is 87.7 Å². The van der Waals surface area contributed by atoms with Crippen LogP contribution in [0.4, 0.5) is 0 Å². The summed E-state index contributed by atoms with van der Waals surface area (Å²) in [5.74, 6) is -1.68. The van der Waals surface area contributed by atoms with E-state index in [1.807, 2.05) is 0 Å². The molecule has 0 aromatic heterocycles. The molecular formula is C10H14O5. The molecule has 84 valence electrons. The maximum atomic E-state index is 11.1. The van der Waals surface area contributed by atoms with Crippen molar-refractivity contribution in [2.75, 3.05) is 13.2 Å². The lowest BCUT2D eigenvalue weighted by atomic mass is 10.2. The summed E-state index contributed by atoms with van der Waals surface area (Å²) in [4.78, 5) is 21.4. The van der Waals surface area contributed by atoms with Gasteiger partial charge in [0, 0.05) is 24.2 Å². The van der Waals surface area contributed by atoms with Crippen molar-refractivity contribution < 1.29 is 24.5 Å². The van der Waals surface area contributed by atoms with Gasteiger partial charge in [0.1, 0.15) is 6.61 Å². The van der Waals surface area contributed by atoms with Crippen LogP contribution in [0.2, 0.25) is 0 Å². The van der Waals surface area contributed by atoms with Crippen LogP contribution in [0, 0.1) is 0 Å². The summed E-state index contributed by atoms with van der Waals surface area (Å²) in [7, 11) is 0. The van der Waals surface area contributed by atoms with E-state index in [1.54, 1.807) is 0 Å². The number of ether oxygens (including phenoxy) is 1. The Bertz CT molecular complexity index is 290. The third kappa shape index (κ3) is 5.64. The van der Waals surface area contributed by atoms with Crippen molar-refractivity contribution in [3.8, 4) is 0 Å². The SMILES string of the molecule is C=C(CCO)C(=O)OCC=C(C)C(=O)O.